The summed E-state index contributed by atoms with van der Waals surface area (Å²) in [6, 6.07) is 9.62. The molecule has 0 spiro atoms. The van der Waals surface area contributed by atoms with Crippen molar-refractivity contribution >= 4 is 40.1 Å². The number of amides is 1. The van der Waals surface area contributed by atoms with Gasteiger partial charge in [-0.3, -0.25) is 14.9 Å². The maximum absolute atomic E-state index is 12.8. The van der Waals surface area contributed by atoms with Crippen LogP contribution in [0.5, 0.6) is 0 Å². The van der Waals surface area contributed by atoms with Crippen molar-refractivity contribution in [1.82, 2.24) is 9.97 Å². The number of thiazole rings is 1. The van der Waals surface area contributed by atoms with Crippen molar-refractivity contribution in [2.75, 3.05) is 11.9 Å². The lowest BCUT2D eigenvalue weighted by Gasteiger charge is -2.09. The normalized spacial score (nSPS) is 10.6. The summed E-state index contributed by atoms with van der Waals surface area (Å²) in [7, 11) is 0. The Morgan fingerprint density at radius 3 is 2.79 bits per heavy atom. The minimum absolute atomic E-state index is 0.0843. The van der Waals surface area contributed by atoms with Crippen LogP contribution in [0.15, 0.2) is 51.8 Å². The summed E-state index contributed by atoms with van der Waals surface area (Å²) in [5.41, 5.74) is 3.45. The van der Waals surface area contributed by atoms with Gasteiger partial charge in [-0.15, -0.1) is 11.3 Å². The van der Waals surface area contributed by atoms with Gasteiger partial charge < -0.3 is 4.74 Å². The Morgan fingerprint density at radius 2 is 2.03 bits per heavy atom. The van der Waals surface area contributed by atoms with Crippen LogP contribution in [0, 0.1) is 13.8 Å². The van der Waals surface area contributed by atoms with Crippen LogP contribution in [-0.2, 0) is 16.0 Å². The summed E-state index contributed by atoms with van der Waals surface area (Å²) in [5, 5.41) is 5.58. The molecule has 1 amide bonds. The molecule has 3 rings (SSSR count). The average molecular weight is 428 g/mol. The van der Waals surface area contributed by atoms with Crippen LogP contribution < -0.4 is 5.32 Å². The Balaban J connectivity index is 1.72. The molecule has 1 aromatic carbocycles. The van der Waals surface area contributed by atoms with Crippen LogP contribution in [-0.4, -0.2) is 28.5 Å². The molecule has 0 radical (unpaired) electrons. The molecular formula is C21H21N3O3S2. The molecule has 2 heterocycles. The van der Waals surface area contributed by atoms with Gasteiger partial charge in [0.1, 0.15) is 5.03 Å². The molecular weight excluding hydrogens is 406 g/mol. The maximum atomic E-state index is 12.8. The van der Waals surface area contributed by atoms with Gasteiger partial charge in [0.05, 0.1) is 24.3 Å². The van der Waals surface area contributed by atoms with Gasteiger partial charge >= 0.3 is 5.97 Å². The number of ether oxygens (including phenoxy) is 1. The number of aryl methyl sites for hydroxylation is 2. The van der Waals surface area contributed by atoms with Crippen molar-refractivity contribution in [3.63, 3.8) is 0 Å². The molecule has 1 N–H and O–H groups in total. The second kappa shape index (κ2) is 9.67. The lowest BCUT2D eigenvalue weighted by molar-refractivity contribution is -0.142. The van der Waals surface area contributed by atoms with Crippen LogP contribution >= 0.6 is 23.1 Å². The number of carbonyl (C=O) groups excluding carboxylic acids is 2. The van der Waals surface area contributed by atoms with E-state index < -0.39 is 0 Å². The van der Waals surface area contributed by atoms with Crippen molar-refractivity contribution in [2.45, 2.75) is 37.1 Å². The number of rotatable bonds is 7. The molecule has 0 aliphatic heterocycles. The number of hydrogen-bond donors (Lipinski definition) is 1. The fraction of sp³-hybridized carbons (Fsp3) is 0.238. The lowest BCUT2D eigenvalue weighted by Crippen LogP contribution is -2.14. The highest BCUT2D eigenvalue weighted by atomic mass is 32.2. The van der Waals surface area contributed by atoms with E-state index in [9.17, 15) is 9.59 Å². The van der Waals surface area contributed by atoms with E-state index >= 15 is 0 Å². The third-order valence-electron chi connectivity index (χ3n) is 4.11. The van der Waals surface area contributed by atoms with Crippen molar-refractivity contribution in [3.05, 3.63) is 64.3 Å². The van der Waals surface area contributed by atoms with Crippen LogP contribution in [0.1, 0.15) is 34.1 Å². The molecule has 6 nitrogen and oxygen atoms in total. The Labute approximate surface area is 177 Å². The zero-order chi connectivity index (χ0) is 20.8. The first kappa shape index (κ1) is 21.0. The first-order valence-electron chi connectivity index (χ1n) is 9.07. The number of aromatic nitrogens is 2. The number of nitrogens with zero attached hydrogens (tertiary/aromatic N) is 2. The second-order valence-corrected chi connectivity index (χ2v) is 8.20. The van der Waals surface area contributed by atoms with E-state index in [4.69, 9.17) is 4.74 Å². The van der Waals surface area contributed by atoms with E-state index in [1.54, 1.807) is 30.6 Å². The topological polar surface area (TPSA) is 81.2 Å². The van der Waals surface area contributed by atoms with Gasteiger partial charge in [-0.2, -0.15) is 0 Å². The quantitative estimate of drug-likeness (QED) is 0.552. The predicted octanol–water partition coefficient (Wildman–Crippen LogP) is 4.66. The molecule has 0 fully saturated rings. The summed E-state index contributed by atoms with van der Waals surface area (Å²) in [6.07, 6.45) is 1.75. The van der Waals surface area contributed by atoms with Gasteiger partial charge in [-0.05, 0) is 56.2 Å². The highest BCUT2D eigenvalue weighted by Gasteiger charge is 2.16. The summed E-state index contributed by atoms with van der Waals surface area (Å²) in [6.45, 7) is 6.20. The standard InChI is InChI=1S/C21H21N3O3S2/c1-4-27-18(25)11-15-12-28-21(23-15)24-19(26)17-6-5-9-22-20(17)29-16-8-7-13(2)14(3)10-16/h5-10,12H,4,11H2,1-3H3,(H,23,24,26). The molecule has 8 heteroatoms. The summed E-state index contributed by atoms with van der Waals surface area (Å²) in [4.78, 5) is 34.1. The minimum Gasteiger partial charge on any atom is -0.466 e. The third kappa shape index (κ3) is 5.65. The number of benzene rings is 1. The molecule has 0 saturated heterocycles. The lowest BCUT2D eigenvalue weighted by atomic mass is 10.1. The minimum atomic E-state index is -0.338. The molecule has 0 unspecified atom stereocenters. The second-order valence-electron chi connectivity index (χ2n) is 6.28. The molecule has 3 aromatic rings. The van der Waals surface area contributed by atoms with Crippen molar-refractivity contribution in [1.29, 1.82) is 0 Å². The Hall–Kier alpha value is -2.71. The Kier molecular flexibility index (Phi) is 7.00. The van der Waals surface area contributed by atoms with E-state index in [0.29, 0.717) is 28.0 Å². The number of nitrogens with one attached hydrogen (secondary N) is 1. The fourth-order valence-electron chi connectivity index (χ4n) is 2.50. The van der Waals surface area contributed by atoms with E-state index in [1.165, 1.54) is 34.2 Å². The number of carbonyl (C=O) groups is 2. The monoisotopic (exact) mass is 427 g/mol. The van der Waals surface area contributed by atoms with Crippen molar-refractivity contribution in [2.24, 2.45) is 0 Å². The van der Waals surface area contributed by atoms with Gasteiger partial charge in [0.15, 0.2) is 5.13 Å². The van der Waals surface area contributed by atoms with E-state index in [2.05, 4.69) is 41.3 Å². The van der Waals surface area contributed by atoms with Crippen LogP contribution in [0.25, 0.3) is 0 Å². The summed E-state index contributed by atoms with van der Waals surface area (Å²) >= 11 is 2.71. The first-order chi connectivity index (χ1) is 14.0. The molecule has 0 bridgehead atoms. The van der Waals surface area contributed by atoms with Crippen LogP contribution in [0.4, 0.5) is 5.13 Å². The predicted molar refractivity (Wildman–Crippen MR) is 115 cm³/mol. The molecule has 29 heavy (non-hydrogen) atoms. The molecule has 2 aromatic heterocycles. The summed E-state index contributed by atoms with van der Waals surface area (Å²) < 4.78 is 4.92. The number of hydrogen-bond acceptors (Lipinski definition) is 7. The molecule has 0 atom stereocenters. The first-order valence-corrected chi connectivity index (χ1v) is 10.8. The largest absolute Gasteiger partial charge is 0.466 e. The third-order valence-corrected chi connectivity index (χ3v) is 5.93. The van der Waals surface area contributed by atoms with Gasteiger partial charge in [-0.1, -0.05) is 17.8 Å². The fourth-order valence-corrected chi connectivity index (χ4v) is 4.19. The van der Waals surface area contributed by atoms with Gasteiger partial charge in [-0.25, -0.2) is 9.97 Å². The SMILES string of the molecule is CCOC(=O)Cc1csc(NC(=O)c2cccnc2Sc2ccc(C)c(C)c2)n1. The van der Waals surface area contributed by atoms with Crippen LogP contribution in [0.3, 0.4) is 0 Å². The summed E-state index contributed by atoms with van der Waals surface area (Å²) in [5.74, 6) is -0.628. The zero-order valence-corrected chi connectivity index (χ0v) is 18.0. The van der Waals surface area contributed by atoms with E-state index in [1.807, 2.05) is 6.07 Å². The Morgan fingerprint density at radius 1 is 1.21 bits per heavy atom. The van der Waals surface area contributed by atoms with E-state index in [-0.39, 0.29) is 18.3 Å². The highest BCUT2D eigenvalue weighted by molar-refractivity contribution is 7.99. The maximum Gasteiger partial charge on any atom is 0.311 e. The smallest absolute Gasteiger partial charge is 0.311 e. The molecule has 0 aliphatic carbocycles. The van der Waals surface area contributed by atoms with Gasteiger partial charge in [0.2, 0.25) is 0 Å². The molecule has 0 saturated carbocycles. The van der Waals surface area contributed by atoms with E-state index in [0.717, 1.165) is 4.90 Å². The average Bonchev–Trinajstić information content (AvgIpc) is 3.12. The molecule has 150 valence electrons. The number of pyridine rings is 1. The highest BCUT2D eigenvalue weighted by Crippen LogP contribution is 2.30. The zero-order valence-electron chi connectivity index (χ0n) is 16.4. The van der Waals surface area contributed by atoms with Gasteiger partial charge in [0.25, 0.3) is 5.91 Å². The van der Waals surface area contributed by atoms with Crippen LogP contribution in [0.2, 0.25) is 0 Å². The number of esters is 1. The van der Waals surface area contributed by atoms with Gasteiger partial charge in [0, 0.05) is 16.5 Å². The molecule has 0 aliphatic rings. The van der Waals surface area contributed by atoms with Crippen molar-refractivity contribution in [3.8, 4) is 0 Å². The van der Waals surface area contributed by atoms with Crippen molar-refractivity contribution < 1.29 is 14.3 Å². The Bertz CT molecular complexity index is 1030. The number of anilines is 1.